The molecule has 0 aromatic carbocycles. The Balaban J connectivity index is 2.34. The largest absolute Gasteiger partial charge is 0.493 e. The first-order valence-electron chi connectivity index (χ1n) is 3.66. The Kier molecular flexibility index (Phi) is 1.35. The number of hydrogen-bond donors (Lipinski definition) is 0. The molecule has 2 aliphatic rings. The highest BCUT2D eigenvalue weighted by atomic mass is 16.5. The van der Waals surface area contributed by atoms with E-state index in [1.54, 1.807) is 0 Å². The molecule has 1 heteroatoms. The summed E-state index contributed by atoms with van der Waals surface area (Å²) in [5.41, 5.74) is 1.36. The van der Waals surface area contributed by atoms with Gasteiger partial charge in [0.2, 0.25) is 0 Å². The fraction of sp³-hybridized carbons (Fsp3) is 0.333. The first-order chi connectivity index (χ1) is 4.97. The fourth-order valence-corrected chi connectivity index (χ4v) is 1.27. The Hall–Kier alpha value is -0.980. The average molecular weight is 134 g/mol. The van der Waals surface area contributed by atoms with E-state index in [-0.39, 0.29) is 0 Å². The summed E-state index contributed by atoms with van der Waals surface area (Å²) in [5.74, 6) is 1.08. The lowest BCUT2D eigenvalue weighted by Gasteiger charge is -1.94. The van der Waals surface area contributed by atoms with Gasteiger partial charge in [0.15, 0.2) is 0 Å². The van der Waals surface area contributed by atoms with Crippen LogP contribution in [0.4, 0.5) is 0 Å². The maximum atomic E-state index is 5.38. The summed E-state index contributed by atoms with van der Waals surface area (Å²) in [6.45, 7) is 0.860. The van der Waals surface area contributed by atoms with Gasteiger partial charge >= 0.3 is 0 Å². The highest BCUT2D eigenvalue weighted by Gasteiger charge is 2.11. The van der Waals surface area contributed by atoms with Gasteiger partial charge in [-0.05, 0) is 18.1 Å². The fourth-order valence-electron chi connectivity index (χ4n) is 1.27. The van der Waals surface area contributed by atoms with Crippen LogP contribution in [0.2, 0.25) is 0 Å². The van der Waals surface area contributed by atoms with Gasteiger partial charge in [-0.15, -0.1) is 0 Å². The standard InChI is InChI=1S/C9H10O/c1-2-4-8-6-7-10-9(8)5-3-1/h2-5H,1,6-7H2. The minimum absolute atomic E-state index is 0.860. The molecule has 0 saturated heterocycles. The summed E-state index contributed by atoms with van der Waals surface area (Å²) in [6, 6.07) is 0. The van der Waals surface area contributed by atoms with Gasteiger partial charge in [-0.3, -0.25) is 0 Å². The van der Waals surface area contributed by atoms with Gasteiger partial charge in [0, 0.05) is 6.42 Å². The van der Waals surface area contributed by atoms with Crippen molar-refractivity contribution >= 4 is 0 Å². The summed E-state index contributed by atoms with van der Waals surface area (Å²) in [6.07, 6.45) is 10.7. The Morgan fingerprint density at radius 2 is 2.10 bits per heavy atom. The summed E-state index contributed by atoms with van der Waals surface area (Å²) in [4.78, 5) is 0. The topological polar surface area (TPSA) is 9.23 Å². The van der Waals surface area contributed by atoms with Crippen molar-refractivity contribution in [2.24, 2.45) is 0 Å². The Bertz CT molecular complexity index is 199. The summed E-state index contributed by atoms with van der Waals surface area (Å²) >= 11 is 0. The van der Waals surface area contributed by atoms with Crippen molar-refractivity contribution in [1.82, 2.24) is 0 Å². The quantitative estimate of drug-likeness (QED) is 0.493. The molecule has 0 bridgehead atoms. The monoisotopic (exact) mass is 134 g/mol. The van der Waals surface area contributed by atoms with Crippen LogP contribution in [0, 0.1) is 0 Å². The lowest BCUT2D eigenvalue weighted by molar-refractivity contribution is 0.257. The molecule has 0 saturated carbocycles. The van der Waals surface area contributed by atoms with Crippen LogP contribution < -0.4 is 0 Å². The van der Waals surface area contributed by atoms with Crippen molar-refractivity contribution in [2.45, 2.75) is 12.8 Å². The Morgan fingerprint density at radius 3 is 3.10 bits per heavy atom. The SMILES string of the molecule is C1=CC2=C(C=CC1)OCC2. The van der Waals surface area contributed by atoms with Crippen LogP contribution in [-0.4, -0.2) is 6.61 Å². The van der Waals surface area contributed by atoms with Crippen molar-refractivity contribution in [3.8, 4) is 0 Å². The van der Waals surface area contributed by atoms with E-state index >= 15 is 0 Å². The number of hydrogen-bond acceptors (Lipinski definition) is 1. The third-order valence-corrected chi connectivity index (χ3v) is 1.81. The third-order valence-electron chi connectivity index (χ3n) is 1.81. The van der Waals surface area contributed by atoms with Gasteiger partial charge in [-0.25, -0.2) is 0 Å². The average Bonchev–Trinajstić information content (AvgIpc) is 2.28. The van der Waals surface area contributed by atoms with E-state index in [0.717, 1.165) is 25.2 Å². The molecular formula is C9H10O. The molecule has 0 fully saturated rings. The van der Waals surface area contributed by atoms with Crippen LogP contribution in [0.3, 0.4) is 0 Å². The Morgan fingerprint density at radius 1 is 1.20 bits per heavy atom. The van der Waals surface area contributed by atoms with Crippen LogP contribution >= 0.6 is 0 Å². The first-order valence-corrected chi connectivity index (χ1v) is 3.66. The van der Waals surface area contributed by atoms with Gasteiger partial charge in [0.1, 0.15) is 5.76 Å². The van der Waals surface area contributed by atoms with Gasteiger partial charge in [-0.1, -0.05) is 18.2 Å². The molecule has 52 valence electrons. The van der Waals surface area contributed by atoms with Crippen molar-refractivity contribution in [2.75, 3.05) is 6.61 Å². The van der Waals surface area contributed by atoms with Crippen LogP contribution in [-0.2, 0) is 4.74 Å². The normalized spacial score (nSPS) is 22.4. The van der Waals surface area contributed by atoms with Gasteiger partial charge in [0.25, 0.3) is 0 Å². The maximum absolute atomic E-state index is 5.38. The molecule has 0 unspecified atom stereocenters. The number of rotatable bonds is 0. The molecule has 0 N–H and O–H groups in total. The second-order valence-electron chi connectivity index (χ2n) is 2.53. The summed E-state index contributed by atoms with van der Waals surface area (Å²) in [7, 11) is 0. The predicted molar refractivity (Wildman–Crippen MR) is 40.5 cm³/mol. The molecule has 0 aromatic rings. The van der Waals surface area contributed by atoms with E-state index in [2.05, 4.69) is 24.3 Å². The van der Waals surface area contributed by atoms with Crippen molar-refractivity contribution in [1.29, 1.82) is 0 Å². The molecule has 1 heterocycles. The van der Waals surface area contributed by atoms with Crippen molar-refractivity contribution in [3.05, 3.63) is 35.6 Å². The predicted octanol–water partition coefficient (Wildman–Crippen LogP) is 2.18. The highest BCUT2D eigenvalue weighted by molar-refractivity contribution is 5.34. The Labute approximate surface area is 60.7 Å². The van der Waals surface area contributed by atoms with Gasteiger partial charge in [-0.2, -0.15) is 0 Å². The van der Waals surface area contributed by atoms with E-state index in [9.17, 15) is 0 Å². The van der Waals surface area contributed by atoms with Crippen molar-refractivity contribution < 1.29 is 4.74 Å². The molecule has 0 amide bonds. The summed E-state index contributed by atoms with van der Waals surface area (Å²) < 4.78 is 5.38. The summed E-state index contributed by atoms with van der Waals surface area (Å²) in [5, 5.41) is 0. The molecule has 0 aromatic heterocycles. The molecule has 0 atom stereocenters. The van der Waals surface area contributed by atoms with Crippen LogP contribution in [0.1, 0.15) is 12.8 Å². The molecule has 1 aliphatic carbocycles. The van der Waals surface area contributed by atoms with E-state index in [1.807, 2.05) is 0 Å². The van der Waals surface area contributed by atoms with Crippen LogP contribution in [0.15, 0.2) is 35.6 Å². The number of ether oxygens (including phenoxy) is 1. The van der Waals surface area contributed by atoms with E-state index in [0.29, 0.717) is 0 Å². The van der Waals surface area contributed by atoms with E-state index < -0.39 is 0 Å². The van der Waals surface area contributed by atoms with Crippen molar-refractivity contribution in [3.63, 3.8) is 0 Å². The zero-order chi connectivity index (χ0) is 6.81. The molecule has 0 radical (unpaired) electrons. The zero-order valence-electron chi connectivity index (χ0n) is 5.84. The third kappa shape index (κ3) is 0.878. The second-order valence-corrected chi connectivity index (χ2v) is 2.53. The molecule has 0 spiro atoms. The van der Waals surface area contributed by atoms with E-state index in [4.69, 9.17) is 4.74 Å². The lowest BCUT2D eigenvalue weighted by Crippen LogP contribution is -1.79. The maximum Gasteiger partial charge on any atom is 0.122 e. The zero-order valence-corrected chi connectivity index (χ0v) is 5.84. The minimum atomic E-state index is 0.860. The molecule has 10 heavy (non-hydrogen) atoms. The highest BCUT2D eigenvalue weighted by Crippen LogP contribution is 2.23. The molecule has 1 aliphatic heterocycles. The van der Waals surface area contributed by atoms with Gasteiger partial charge in [0.05, 0.1) is 6.61 Å². The first kappa shape index (κ1) is 5.78. The van der Waals surface area contributed by atoms with E-state index in [1.165, 1.54) is 5.57 Å². The molecule has 1 nitrogen and oxygen atoms in total. The minimum Gasteiger partial charge on any atom is -0.493 e. The van der Waals surface area contributed by atoms with Crippen LogP contribution in [0.25, 0.3) is 0 Å². The lowest BCUT2D eigenvalue weighted by atomic mass is 10.2. The van der Waals surface area contributed by atoms with Crippen LogP contribution in [0.5, 0.6) is 0 Å². The number of allylic oxidation sites excluding steroid dienone is 4. The molecule has 2 rings (SSSR count). The second kappa shape index (κ2) is 2.33. The smallest absolute Gasteiger partial charge is 0.122 e. The van der Waals surface area contributed by atoms with Gasteiger partial charge < -0.3 is 4.74 Å². The molecular weight excluding hydrogens is 124 g/mol.